The topological polar surface area (TPSA) is 62.8 Å². The molecule has 0 saturated heterocycles. The number of furan rings is 1. The normalized spacial score (nSPS) is 19.0. The van der Waals surface area contributed by atoms with Gasteiger partial charge in [0.2, 0.25) is 0 Å². The number of aryl methyl sites for hydroxylation is 1. The van der Waals surface area contributed by atoms with Gasteiger partial charge < -0.3 is 14.6 Å². The molecule has 0 radical (unpaired) electrons. The number of carbonyl (C=O) groups is 1. The fourth-order valence-electron chi connectivity index (χ4n) is 4.86. The van der Waals surface area contributed by atoms with Crippen LogP contribution in [0.15, 0.2) is 53.1 Å². The number of nitrogens with zero attached hydrogens (tertiary/aromatic N) is 3. The van der Waals surface area contributed by atoms with Crippen molar-refractivity contribution in [3.05, 3.63) is 65.7 Å². The maximum Gasteiger partial charge on any atom is 0.434 e. The van der Waals surface area contributed by atoms with Crippen LogP contribution in [0.2, 0.25) is 0 Å². The third-order valence-electron chi connectivity index (χ3n) is 6.75. The molecule has 1 aliphatic rings. The van der Waals surface area contributed by atoms with E-state index in [1.807, 2.05) is 43.1 Å². The van der Waals surface area contributed by atoms with Crippen molar-refractivity contribution in [2.75, 3.05) is 11.9 Å². The minimum Gasteiger partial charge on any atom is -0.451 e. The highest BCUT2D eigenvalue weighted by Gasteiger charge is 2.34. The third kappa shape index (κ3) is 3.99. The summed E-state index contributed by atoms with van der Waals surface area (Å²) in [6.07, 6.45) is -0.296. The fraction of sp³-hybridized carbons (Fsp3) is 0.360. The highest BCUT2D eigenvalue weighted by Crippen LogP contribution is 2.32. The first-order chi connectivity index (χ1) is 16.2. The Balaban J connectivity index is 1.26. The van der Waals surface area contributed by atoms with Crippen LogP contribution in [0.5, 0.6) is 0 Å². The Hall–Kier alpha value is -3.49. The standard InChI is InChI=1S/C25H25F3N4O2/c1-15-18-6-3-4-7-19(18)34-23(15)24(33)29-16-10-12-17(13-11-16)31(2)22-9-5-8-21-30-20(14-32(21)22)25(26,27)28/h3-9,14,16-17H,10-13H2,1-2H3,(H,29,33). The Morgan fingerprint density at radius 3 is 2.56 bits per heavy atom. The summed E-state index contributed by atoms with van der Waals surface area (Å²) in [6.45, 7) is 1.88. The van der Waals surface area contributed by atoms with Gasteiger partial charge in [-0.3, -0.25) is 9.20 Å². The van der Waals surface area contributed by atoms with Gasteiger partial charge in [0.25, 0.3) is 5.91 Å². The number of aromatic nitrogens is 2. The zero-order valence-corrected chi connectivity index (χ0v) is 18.9. The number of fused-ring (bicyclic) bond motifs is 2. The van der Waals surface area contributed by atoms with Crippen molar-refractivity contribution < 1.29 is 22.4 Å². The van der Waals surface area contributed by atoms with E-state index in [0.717, 1.165) is 42.8 Å². The van der Waals surface area contributed by atoms with E-state index < -0.39 is 11.9 Å². The van der Waals surface area contributed by atoms with Crippen LogP contribution in [-0.4, -0.2) is 34.4 Å². The molecule has 1 aromatic carbocycles. The van der Waals surface area contributed by atoms with Gasteiger partial charge in [-0.05, 0) is 50.8 Å². The molecule has 5 rings (SSSR count). The van der Waals surface area contributed by atoms with Gasteiger partial charge in [-0.2, -0.15) is 13.2 Å². The SMILES string of the molecule is Cc1c(C(=O)NC2CCC(N(C)c3cccc4nc(C(F)(F)F)cn34)CC2)oc2ccccc12. The molecule has 0 atom stereocenters. The number of hydrogen-bond donors (Lipinski definition) is 1. The average molecular weight is 470 g/mol. The number of rotatable bonds is 4. The number of benzene rings is 1. The highest BCUT2D eigenvalue weighted by molar-refractivity contribution is 5.99. The molecule has 9 heteroatoms. The first-order valence-electron chi connectivity index (χ1n) is 11.3. The number of anilines is 1. The van der Waals surface area contributed by atoms with Crippen molar-refractivity contribution >= 4 is 28.3 Å². The Morgan fingerprint density at radius 1 is 1.12 bits per heavy atom. The summed E-state index contributed by atoms with van der Waals surface area (Å²) in [5.41, 5.74) is 0.880. The zero-order chi connectivity index (χ0) is 24.0. The van der Waals surface area contributed by atoms with E-state index >= 15 is 0 Å². The smallest absolute Gasteiger partial charge is 0.434 e. The van der Waals surface area contributed by atoms with Crippen LogP contribution in [0.25, 0.3) is 16.6 Å². The number of hydrogen-bond acceptors (Lipinski definition) is 4. The van der Waals surface area contributed by atoms with Crippen molar-refractivity contribution in [1.82, 2.24) is 14.7 Å². The van der Waals surface area contributed by atoms with Crippen LogP contribution in [0, 0.1) is 6.92 Å². The van der Waals surface area contributed by atoms with Crippen molar-refractivity contribution in [1.29, 1.82) is 0 Å². The molecule has 1 amide bonds. The van der Waals surface area contributed by atoms with Crippen molar-refractivity contribution in [3.8, 4) is 0 Å². The lowest BCUT2D eigenvalue weighted by molar-refractivity contribution is -0.140. The maximum absolute atomic E-state index is 13.1. The second-order valence-electron chi connectivity index (χ2n) is 8.88. The minimum atomic E-state index is -4.49. The number of imidazole rings is 1. The van der Waals surface area contributed by atoms with Gasteiger partial charge in [-0.25, -0.2) is 4.98 Å². The van der Waals surface area contributed by atoms with Crippen LogP contribution in [-0.2, 0) is 6.18 Å². The number of alkyl halides is 3. The molecule has 3 heterocycles. The predicted molar refractivity (Wildman–Crippen MR) is 123 cm³/mol. The highest BCUT2D eigenvalue weighted by atomic mass is 19.4. The van der Waals surface area contributed by atoms with Gasteiger partial charge >= 0.3 is 6.18 Å². The molecule has 6 nitrogen and oxygen atoms in total. The first-order valence-corrected chi connectivity index (χ1v) is 11.3. The number of amides is 1. The summed E-state index contributed by atoms with van der Waals surface area (Å²) in [6, 6.07) is 12.8. The zero-order valence-electron chi connectivity index (χ0n) is 18.9. The lowest BCUT2D eigenvalue weighted by Crippen LogP contribution is -2.43. The lowest BCUT2D eigenvalue weighted by Gasteiger charge is -2.36. The summed E-state index contributed by atoms with van der Waals surface area (Å²) in [5.74, 6) is 0.784. The van der Waals surface area contributed by atoms with Crippen LogP contribution in [0.1, 0.15) is 47.5 Å². The fourth-order valence-corrected chi connectivity index (χ4v) is 4.86. The summed E-state index contributed by atoms with van der Waals surface area (Å²) >= 11 is 0. The molecule has 1 fully saturated rings. The molecule has 0 aliphatic heterocycles. The van der Waals surface area contributed by atoms with Crippen molar-refractivity contribution in [2.24, 2.45) is 0 Å². The molecular weight excluding hydrogens is 445 g/mol. The summed E-state index contributed by atoms with van der Waals surface area (Å²) in [4.78, 5) is 18.6. The molecule has 0 spiro atoms. The van der Waals surface area contributed by atoms with Gasteiger partial charge in [0.05, 0.1) is 0 Å². The van der Waals surface area contributed by atoms with Crippen LogP contribution in [0.4, 0.5) is 19.0 Å². The molecule has 0 unspecified atom stereocenters. The quantitative estimate of drug-likeness (QED) is 0.423. The van der Waals surface area contributed by atoms with Crippen molar-refractivity contribution in [3.63, 3.8) is 0 Å². The molecule has 1 N–H and O–H groups in total. The van der Waals surface area contributed by atoms with Gasteiger partial charge in [-0.1, -0.05) is 24.3 Å². The molecule has 34 heavy (non-hydrogen) atoms. The molecule has 1 saturated carbocycles. The van der Waals surface area contributed by atoms with Crippen molar-refractivity contribution in [2.45, 2.75) is 50.9 Å². The molecule has 4 aromatic rings. The van der Waals surface area contributed by atoms with Crippen LogP contribution in [0.3, 0.4) is 0 Å². The third-order valence-corrected chi connectivity index (χ3v) is 6.75. The van der Waals surface area contributed by atoms with Gasteiger partial charge in [0.15, 0.2) is 11.5 Å². The maximum atomic E-state index is 13.1. The number of nitrogens with one attached hydrogen (secondary N) is 1. The van der Waals surface area contributed by atoms with Crippen LogP contribution < -0.4 is 10.2 Å². The number of pyridine rings is 1. The van der Waals surface area contributed by atoms with E-state index in [9.17, 15) is 18.0 Å². The Labute approximate surface area is 194 Å². The lowest BCUT2D eigenvalue weighted by atomic mass is 9.90. The molecule has 0 bridgehead atoms. The van der Waals surface area contributed by atoms with E-state index in [4.69, 9.17) is 4.42 Å². The number of carbonyl (C=O) groups excluding carboxylic acids is 1. The van der Waals surface area contributed by atoms with E-state index in [-0.39, 0.29) is 23.6 Å². The Morgan fingerprint density at radius 2 is 1.85 bits per heavy atom. The average Bonchev–Trinajstić information content (AvgIpc) is 3.41. The van der Waals surface area contributed by atoms with E-state index in [2.05, 4.69) is 10.3 Å². The van der Waals surface area contributed by atoms with E-state index in [1.165, 1.54) is 4.40 Å². The second-order valence-corrected chi connectivity index (χ2v) is 8.88. The predicted octanol–water partition coefficient (Wildman–Crippen LogP) is 5.59. The molecular formula is C25H25F3N4O2. The monoisotopic (exact) mass is 470 g/mol. The largest absolute Gasteiger partial charge is 0.451 e. The van der Waals surface area contributed by atoms with Gasteiger partial charge in [0.1, 0.15) is 17.0 Å². The number of para-hydroxylation sites is 1. The van der Waals surface area contributed by atoms with E-state index in [1.54, 1.807) is 18.2 Å². The summed E-state index contributed by atoms with van der Waals surface area (Å²) < 4.78 is 46.7. The summed E-state index contributed by atoms with van der Waals surface area (Å²) in [7, 11) is 1.89. The van der Waals surface area contributed by atoms with Gasteiger partial charge in [-0.15, -0.1) is 0 Å². The Kier molecular flexibility index (Phi) is 5.50. The molecule has 3 aromatic heterocycles. The van der Waals surface area contributed by atoms with Crippen LogP contribution >= 0.6 is 0 Å². The molecule has 1 aliphatic carbocycles. The van der Waals surface area contributed by atoms with Gasteiger partial charge in [0, 0.05) is 36.3 Å². The number of halogens is 3. The Bertz CT molecular complexity index is 1350. The summed E-state index contributed by atoms with van der Waals surface area (Å²) in [5, 5.41) is 4.03. The first kappa shape index (κ1) is 22.3. The molecule has 178 valence electrons. The second kappa shape index (κ2) is 8.38. The van der Waals surface area contributed by atoms with E-state index in [0.29, 0.717) is 17.2 Å². The minimum absolute atomic E-state index is 0.0191.